The van der Waals surface area contributed by atoms with Gasteiger partial charge in [0.05, 0.1) is 33.2 Å². The average Bonchev–Trinajstić information content (AvgIpc) is 3.07. The van der Waals surface area contributed by atoms with Gasteiger partial charge in [-0.25, -0.2) is 0 Å². The number of hydrogen-bond donors (Lipinski definition) is 0. The van der Waals surface area contributed by atoms with Crippen LogP contribution >= 0.6 is 31.9 Å². The van der Waals surface area contributed by atoms with Gasteiger partial charge in [-0.2, -0.15) is 0 Å². The van der Waals surface area contributed by atoms with Crippen LogP contribution in [0.3, 0.4) is 0 Å². The lowest BCUT2D eigenvalue weighted by atomic mass is 9.70. The van der Waals surface area contributed by atoms with E-state index in [1.54, 1.807) is 14.2 Å². The Kier molecular flexibility index (Phi) is 5.36. The third-order valence-corrected chi connectivity index (χ3v) is 8.96. The lowest BCUT2D eigenvalue weighted by Crippen LogP contribution is -2.37. The fraction of sp³-hybridized carbons (Fsp3) is 0.115. The van der Waals surface area contributed by atoms with Crippen LogP contribution in [0.15, 0.2) is 93.2 Å². The molecule has 0 N–H and O–H groups in total. The quantitative estimate of drug-likeness (QED) is 0.355. The number of methoxy groups -OCH3 is 2. The van der Waals surface area contributed by atoms with Gasteiger partial charge in [-0.1, -0.05) is 76.6 Å². The summed E-state index contributed by atoms with van der Waals surface area (Å²) in [6.07, 6.45) is 2.16. The van der Waals surface area contributed by atoms with E-state index in [1.165, 1.54) is 33.0 Å². The Balaban J connectivity index is 1.97. The van der Waals surface area contributed by atoms with Gasteiger partial charge in [0.25, 0.3) is 0 Å². The Morgan fingerprint density at radius 3 is 1.97 bits per heavy atom. The number of allylic oxidation sites excluding steroid dienone is 2. The summed E-state index contributed by atoms with van der Waals surface area (Å²) in [5.74, 6) is 1.70. The van der Waals surface area contributed by atoms with Crippen LogP contribution in [0.4, 0.5) is 0 Å². The molecule has 3 aromatic carbocycles. The van der Waals surface area contributed by atoms with Crippen molar-refractivity contribution in [3.8, 4) is 5.75 Å². The highest BCUT2D eigenvalue weighted by atomic mass is 79.9. The maximum absolute atomic E-state index is 5.70. The zero-order valence-electron chi connectivity index (χ0n) is 17.1. The lowest BCUT2D eigenvalue weighted by Gasteiger charge is -2.35. The first kappa shape index (κ1) is 20.7. The zero-order valence-corrected chi connectivity index (χ0v) is 21.2. The van der Waals surface area contributed by atoms with E-state index in [1.807, 2.05) is 0 Å². The molecule has 1 radical (unpaired) electrons. The van der Waals surface area contributed by atoms with Crippen molar-refractivity contribution in [3.05, 3.63) is 115 Å². The van der Waals surface area contributed by atoms with Gasteiger partial charge in [-0.05, 0) is 67.1 Å². The van der Waals surface area contributed by atoms with Gasteiger partial charge in [0.15, 0.2) is 0 Å². The van der Waals surface area contributed by atoms with E-state index in [0.717, 1.165) is 20.1 Å². The first-order valence-corrected chi connectivity index (χ1v) is 12.5. The molecule has 0 bridgehead atoms. The normalized spacial score (nSPS) is 16.3. The maximum atomic E-state index is 5.70. The molecule has 5 rings (SSSR count). The zero-order chi connectivity index (χ0) is 21.6. The van der Waals surface area contributed by atoms with Crippen LogP contribution in [0.5, 0.6) is 5.75 Å². The molecule has 1 aliphatic carbocycles. The van der Waals surface area contributed by atoms with E-state index in [9.17, 15) is 0 Å². The molecular formula is C26H19Br2O2Si. The van der Waals surface area contributed by atoms with E-state index in [4.69, 9.17) is 9.47 Å². The van der Waals surface area contributed by atoms with Crippen LogP contribution < -0.4 is 4.74 Å². The highest BCUT2D eigenvalue weighted by Gasteiger charge is 2.49. The standard InChI is InChI=1S/C26H19Br2O2Si/c1-29-22-13-18-19-14-23(30-2)25(28)31-24(19)26(20(18)15-21(22)27,16-9-5-3-6-10-16)17-11-7-4-8-12-17/h3-15H,1-2H3. The molecular weight excluding hydrogens is 532 g/mol. The Hall–Kier alpha value is -2.21. The summed E-state index contributed by atoms with van der Waals surface area (Å²) in [6, 6.07) is 26.0. The monoisotopic (exact) mass is 549 g/mol. The molecule has 0 spiro atoms. The van der Waals surface area contributed by atoms with Gasteiger partial charge in [0.1, 0.15) is 11.5 Å². The minimum absolute atomic E-state index is 0.394. The third kappa shape index (κ3) is 3.05. The molecule has 0 unspecified atom stereocenters. The Morgan fingerprint density at radius 2 is 1.42 bits per heavy atom. The lowest BCUT2D eigenvalue weighted by molar-refractivity contribution is 0.307. The Morgan fingerprint density at radius 1 is 0.806 bits per heavy atom. The smallest absolute Gasteiger partial charge is 0.133 e. The van der Waals surface area contributed by atoms with Crippen molar-refractivity contribution in [1.82, 2.24) is 0 Å². The molecule has 31 heavy (non-hydrogen) atoms. The molecule has 0 saturated carbocycles. The summed E-state index contributed by atoms with van der Waals surface area (Å²) in [4.78, 5) is 0. The van der Waals surface area contributed by atoms with E-state index in [2.05, 4.69) is 111 Å². The summed E-state index contributed by atoms with van der Waals surface area (Å²) < 4.78 is 13.4. The van der Waals surface area contributed by atoms with Crippen LogP contribution in [0.25, 0.3) is 5.57 Å². The maximum Gasteiger partial charge on any atom is 0.133 e. The second-order valence-corrected chi connectivity index (χ2v) is 11.1. The third-order valence-electron chi connectivity index (χ3n) is 5.99. The van der Waals surface area contributed by atoms with Gasteiger partial charge in [-0.3, -0.25) is 0 Å². The molecule has 0 saturated heterocycles. The van der Waals surface area contributed by atoms with Crippen molar-refractivity contribution in [2.24, 2.45) is 0 Å². The van der Waals surface area contributed by atoms with E-state index in [0.29, 0.717) is 9.13 Å². The van der Waals surface area contributed by atoms with Crippen LogP contribution in [0.1, 0.15) is 22.3 Å². The van der Waals surface area contributed by atoms with Crippen molar-refractivity contribution in [1.29, 1.82) is 0 Å². The molecule has 153 valence electrons. The van der Waals surface area contributed by atoms with Crippen LogP contribution in [0.2, 0.25) is 0 Å². The van der Waals surface area contributed by atoms with Crippen LogP contribution in [0, 0.1) is 0 Å². The second-order valence-electron chi connectivity index (χ2n) is 7.45. The SMILES string of the molecule is COC1=C(Br)[Si]=C2C(=C1)c1cc(OC)c(Br)cc1C2(c1ccccc1)c1ccccc1. The molecule has 2 nitrogen and oxygen atoms in total. The fourth-order valence-electron chi connectivity index (χ4n) is 4.68. The summed E-state index contributed by atoms with van der Waals surface area (Å²) >= 11 is 7.55. The van der Waals surface area contributed by atoms with E-state index < -0.39 is 5.41 Å². The molecule has 0 aromatic heterocycles. The predicted octanol–water partition coefficient (Wildman–Crippen LogP) is 6.29. The van der Waals surface area contributed by atoms with E-state index in [-0.39, 0.29) is 0 Å². The second kappa shape index (κ2) is 8.04. The van der Waals surface area contributed by atoms with Crippen LogP contribution in [-0.4, -0.2) is 28.5 Å². The first-order valence-electron chi connectivity index (χ1n) is 9.91. The molecule has 5 heteroatoms. The molecule has 0 fully saturated rings. The van der Waals surface area contributed by atoms with Crippen LogP contribution in [-0.2, 0) is 10.2 Å². The fourth-order valence-corrected chi connectivity index (χ4v) is 7.53. The average molecular weight is 551 g/mol. The molecule has 0 atom stereocenters. The van der Waals surface area contributed by atoms with Crippen molar-refractivity contribution in [3.63, 3.8) is 0 Å². The van der Waals surface area contributed by atoms with Crippen molar-refractivity contribution in [2.45, 2.75) is 5.41 Å². The van der Waals surface area contributed by atoms with Gasteiger partial charge < -0.3 is 9.47 Å². The Labute approximate surface area is 201 Å². The summed E-state index contributed by atoms with van der Waals surface area (Å²) in [5, 5.41) is 1.37. The molecule has 1 heterocycles. The first-order chi connectivity index (χ1) is 15.1. The number of halogens is 2. The van der Waals surface area contributed by atoms with Gasteiger partial charge in [0, 0.05) is 4.11 Å². The summed E-state index contributed by atoms with van der Waals surface area (Å²) in [6.45, 7) is 0. The number of hydrogen-bond acceptors (Lipinski definition) is 2. The van der Waals surface area contributed by atoms with Gasteiger partial charge in [-0.15, -0.1) is 0 Å². The van der Waals surface area contributed by atoms with Crippen molar-refractivity contribution < 1.29 is 9.47 Å². The highest BCUT2D eigenvalue weighted by molar-refractivity contribution is 9.12. The van der Waals surface area contributed by atoms with Gasteiger partial charge >= 0.3 is 0 Å². The van der Waals surface area contributed by atoms with Crippen molar-refractivity contribution >= 4 is 51.7 Å². The number of rotatable bonds is 4. The van der Waals surface area contributed by atoms with Gasteiger partial charge in [0.2, 0.25) is 0 Å². The number of fused-ring (bicyclic) bond motifs is 3. The molecule has 2 aliphatic rings. The summed E-state index contributed by atoms with van der Waals surface area (Å²) in [7, 11) is 3.89. The minimum Gasteiger partial charge on any atom is -0.496 e. The van der Waals surface area contributed by atoms with E-state index >= 15 is 0 Å². The predicted molar refractivity (Wildman–Crippen MR) is 135 cm³/mol. The molecule has 1 aliphatic heterocycles. The minimum atomic E-state index is -0.394. The Bertz CT molecular complexity index is 1220. The number of ether oxygens (including phenoxy) is 2. The molecule has 0 amide bonds. The summed E-state index contributed by atoms with van der Waals surface area (Å²) in [5.41, 5.74) is 5.77. The largest absolute Gasteiger partial charge is 0.496 e. The van der Waals surface area contributed by atoms with Crippen molar-refractivity contribution in [2.75, 3.05) is 14.2 Å². The topological polar surface area (TPSA) is 18.5 Å². The highest BCUT2D eigenvalue weighted by Crippen LogP contribution is 2.54. The number of benzene rings is 3. The molecule has 3 aromatic rings.